The number of fused-ring (bicyclic) bond motifs is 1. The third-order valence-electron chi connectivity index (χ3n) is 3.67. The molecule has 0 spiro atoms. The highest BCUT2D eigenvalue weighted by molar-refractivity contribution is 6.07. The first-order chi connectivity index (χ1) is 9.68. The van der Waals surface area contributed by atoms with Crippen LogP contribution in [0.4, 0.5) is 11.4 Å². The number of aryl methyl sites for hydroxylation is 1. The number of hydrogen-bond acceptors (Lipinski definition) is 4. The smallest absolute Gasteiger partial charge is 0.261 e. The van der Waals surface area contributed by atoms with Crippen LogP contribution in [0.25, 0.3) is 0 Å². The summed E-state index contributed by atoms with van der Waals surface area (Å²) in [6.07, 6.45) is 4.86. The zero-order valence-electron chi connectivity index (χ0n) is 11.3. The molecule has 0 atom stereocenters. The molecule has 0 saturated carbocycles. The molecule has 3 rings (SSSR count). The Kier molecular flexibility index (Phi) is 3.10. The van der Waals surface area contributed by atoms with E-state index in [0.29, 0.717) is 17.8 Å². The topological polar surface area (TPSA) is 72.1 Å². The minimum atomic E-state index is -0.0605. The fourth-order valence-corrected chi connectivity index (χ4v) is 2.61. The van der Waals surface area contributed by atoms with Crippen LogP contribution < -0.4 is 10.6 Å². The second-order valence-corrected chi connectivity index (χ2v) is 4.93. The first kappa shape index (κ1) is 12.6. The van der Waals surface area contributed by atoms with E-state index >= 15 is 0 Å². The average Bonchev–Trinajstić information content (AvgIpc) is 2.47. The van der Waals surface area contributed by atoms with Crippen LogP contribution in [-0.2, 0) is 6.42 Å². The molecular weight excluding hydrogens is 252 g/mol. The first-order valence-electron chi connectivity index (χ1n) is 6.64. The Morgan fingerprint density at radius 3 is 3.05 bits per heavy atom. The lowest BCUT2D eigenvalue weighted by Crippen LogP contribution is -2.36. The zero-order chi connectivity index (χ0) is 14.1. The summed E-state index contributed by atoms with van der Waals surface area (Å²) in [6.45, 7) is 2.52. The molecule has 0 bridgehead atoms. The van der Waals surface area contributed by atoms with Crippen molar-refractivity contribution in [1.82, 2.24) is 9.97 Å². The van der Waals surface area contributed by atoms with Gasteiger partial charge in [-0.1, -0.05) is 6.07 Å². The summed E-state index contributed by atoms with van der Waals surface area (Å²) in [7, 11) is 0. The van der Waals surface area contributed by atoms with Gasteiger partial charge in [0.15, 0.2) is 0 Å². The lowest BCUT2D eigenvalue weighted by Gasteiger charge is -2.30. The summed E-state index contributed by atoms with van der Waals surface area (Å²) in [5.74, 6) is -0.0605. The van der Waals surface area contributed by atoms with Gasteiger partial charge in [0.25, 0.3) is 5.91 Å². The number of nitrogens with zero attached hydrogens (tertiary/aromatic N) is 3. The zero-order valence-corrected chi connectivity index (χ0v) is 11.3. The van der Waals surface area contributed by atoms with Gasteiger partial charge in [0.1, 0.15) is 6.33 Å². The molecule has 5 heteroatoms. The van der Waals surface area contributed by atoms with Crippen molar-refractivity contribution in [2.24, 2.45) is 0 Å². The molecule has 2 aromatic rings. The standard InChI is InChI=1S/C15H16N4O/c1-10-12(8-17-9-18-10)15(20)19-7-3-4-11-13(16)5-2-6-14(11)19/h2,5-6,8-9H,3-4,7,16H2,1H3. The van der Waals surface area contributed by atoms with Crippen LogP contribution in [0.3, 0.4) is 0 Å². The van der Waals surface area contributed by atoms with Crippen molar-refractivity contribution in [2.45, 2.75) is 19.8 Å². The van der Waals surface area contributed by atoms with Crippen LogP contribution in [-0.4, -0.2) is 22.4 Å². The number of aromatic nitrogens is 2. The lowest BCUT2D eigenvalue weighted by atomic mass is 9.99. The largest absolute Gasteiger partial charge is 0.398 e. The second-order valence-electron chi connectivity index (χ2n) is 4.93. The summed E-state index contributed by atoms with van der Waals surface area (Å²) >= 11 is 0. The lowest BCUT2D eigenvalue weighted by molar-refractivity contribution is 0.0984. The Morgan fingerprint density at radius 2 is 2.25 bits per heavy atom. The summed E-state index contributed by atoms with van der Waals surface area (Å²) in [5, 5.41) is 0. The van der Waals surface area contributed by atoms with Crippen LogP contribution in [0.5, 0.6) is 0 Å². The molecule has 0 aliphatic carbocycles. The van der Waals surface area contributed by atoms with Crippen molar-refractivity contribution < 1.29 is 4.79 Å². The van der Waals surface area contributed by atoms with Gasteiger partial charge in [-0.25, -0.2) is 9.97 Å². The minimum absolute atomic E-state index is 0.0605. The van der Waals surface area contributed by atoms with E-state index in [1.165, 1.54) is 6.33 Å². The van der Waals surface area contributed by atoms with Gasteiger partial charge in [-0.05, 0) is 37.5 Å². The number of rotatable bonds is 1. The quantitative estimate of drug-likeness (QED) is 0.802. The second kappa shape index (κ2) is 4.92. The van der Waals surface area contributed by atoms with Crippen LogP contribution in [0.2, 0.25) is 0 Å². The van der Waals surface area contributed by atoms with Crippen molar-refractivity contribution >= 4 is 17.3 Å². The molecule has 1 aliphatic rings. The van der Waals surface area contributed by atoms with Crippen LogP contribution >= 0.6 is 0 Å². The van der Waals surface area contributed by atoms with E-state index in [-0.39, 0.29) is 5.91 Å². The Labute approximate surface area is 117 Å². The molecule has 5 nitrogen and oxygen atoms in total. The van der Waals surface area contributed by atoms with Crippen molar-refractivity contribution in [1.29, 1.82) is 0 Å². The van der Waals surface area contributed by atoms with E-state index in [2.05, 4.69) is 9.97 Å². The van der Waals surface area contributed by atoms with Gasteiger partial charge in [0, 0.05) is 24.1 Å². The number of carbonyl (C=O) groups excluding carboxylic acids is 1. The normalized spacial score (nSPS) is 13.9. The van der Waals surface area contributed by atoms with Gasteiger partial charge >= 0.3 is 0 Å². The van der Waals surface area contributed by atoms with Gasteiger partial charge in [-0.15, -0.1) is 0 Å². The molecule has 1 amide bonds. The number of anilines is 2. The molecule has 0 saturated heterocycles. The van der Waals surface area contributed by atoms with E-state index < -0.39 is 0 Å². The monoisotopic (exact) mass is 268 g/mol. The fourth-order valence-electron chi connectivity index (χ4n) is 2.61. The number of benzene rings is 1. The Hall–Kier alpha value is -2.43. The number of hydrogen-bond donors (Lipinski definition) is 1. The predicted molar refractivity (Wildman–Crippen MR) is 77.6 cm³/mol. The maximum Gasteiger partial charge on any atom is 0.261 e. The van der Waals surface area contributed by atoms with E-state index in [4.69, 9.17) is 5.73 Å². The van der Waals surface area contributed by atoms with Crippen molar-refractivity contribution in [3.8, 4) is 0 Å². The van der Waals surface area contributed by atoms with E-state index in [1.54, 1.807) is 11.1 Å². The van der Waals surface area contributed by atoms with Gasteiger partial charge in [-0.3, -0.25) is 4.79 Å². The average molecular weight is 268 g/mol. The molecule has 0 unspecified atom stereocenters. The molecule has 0 radical (unpaired) electrons. The maximum absolute atomic E-state index is 12.7. The Morgan fingerprint density at radius 1 is 1.40 bits per heavy atom. The molecular formula is C15H16N4O. The number of nitrogens with two attached hydrogens (primary N) is 1. The highest BCUT2D eigenvalue weighted by Crippen LogP contribution is 2.32. The summed E-state index contributed by atoms with van der Waals surface area (Å²) in [5.41, 5.74) is 9.96. The van der Waals surface area contributed by atoms with E-state index in [1.807, 2.05) is 25.1 Å². The third kappa shape index (κ3) is 2.01. The number of amides is 1. The van der Waals surface area contributed by atoms with E-state index in [0.717, 1.165) is 29.8 Å². The van der Waals surface area contributed by atoms with Gasteiger partial charge in [0.2, 0.25) is 0 Å². The summed E-state index contributed by atoms with van der Waals surface area (Å²) < 4.78 is 0. The first-order valence-corrected chi connectivity index (χ1v) is 6.64. The molecule has 2 N–H and O–H groups in total. The van der Waals surface area contributed by atoms with Crippen molar-refractivity contribution in [3.05, 3.63) is 47.5 Å². The van der Waals surface area contributed by atoms with Crippen LogP contribution in [0.1, 0.15) is 28.0 Å². The summed E-state index contributed by atoms with van der Waals surface area (Å²) in [4.78, 5) is 22.5. The number of carbonyl (C=O) groups is 1. The van der Waals surface area contributed by atoms with Gasteiger partial charge in [0.05, 0.1) is 11.3 Å². The van der Waals surface area contributed by atoms with E-state index in [9.17, 15) is 4.79 Å². The van der Waals surface area contributed by atoms with Crippen molar-refractivity contribution in [3.63, 3.8) is 0 Å². The molecule has 1 aromatic heterocycles. The number of nitrogen functional groups attached to an aromatic ring is 1. The molecule has 1 aromatic carbocycles. The Bertz CT molecular complexity index is 669. The molecule has 0 fully saturated rings. The SMILES string of the molecule is Cc1ncncc1C(=O)N1CCCc2c(N)cccc21. The summed E-state index contributed by atoms with van der Waals surface area (Å²) in [6, 6.07) is 5.71. The maximum atomic E-state index is 12.7. The predicted octanol–water partition coefficient (Wildman–Crippen LogP) is 1.96. The molecule has 20 heavy (non-hydrogen) atoms. The van der Waals surface area contributed by atoms with Gasteiger partial charge < -0.3 is 10.6 Å². The fraction of sp³-hybridized carbons (Fsp3) is 0.267. The minimum Gasteiger partial charge on any atom is -0.398 e. The Balaban J connectivity index is 2.03. The van der Waals surface area contributed by atoms with Crippen molar-refractivity contribution in [2.75, 3.05) is 17.2 Å². The third-order valence-corrected chi connectivity index (χ3v) is 3.67. The van der Waals surface area contributed by atoms with Gasteiger partial charge in [-0.2, -0.15) is 0 Å². The molecule has 1 aliphatic heterocycles. The van der Waals surface area contributed by atoms with Crippen LogP contribution in [0, 0.1) is 6.92 Å². The highest BCUT2D eigenvalue weighted by Gasteiger charge is 2.25. The molecule has 2 heterocycles. The van der Waals surface area contributed by atoms with Crippen LogP contribution in [0.15, 0.2) is 30.7 Å². The molecule has 102 valence electrons. The highest BCUT2D eigenvalue weighted by atomic mass is 16.2.